The third kappa shape index (κ3) is 3.38. The summed E-state index contributed by atoms with van der Waals surface area (Å²) in [6, 6.07) is 15.2. The van der Waals surface area contributed by atoms with Gasteiger partial charge in [-0.2, -0.15) is 5.26 Å². The molecule has 4 aromatic rings. The molecule has 0 bridgehead atoms. The number of rotatable bonds is 4. The molecule has 0 spiro atoms. The fourth-order valence-electron chi connectivity index (χ4n) is 2.63. The Bertz CT molecular complexity index is 1230. The maximum atomic E-state index is 12.7. The van der Waals surface area contributed by atoms with Crippen LogP contribution in [0.2, 0.25) is 0 Å². The predicted molar refractivity (Wildman–Crippen MR) is 107 cm³/mol. The molecule has 1 aromatic carbocycles. The summed E-state index contributed by atoms with van der Waals surface area (Å²) in [5, 5.41) is 14.4. The lowest BCUT2D eigenvalue weighted by Crippen LogP contribution is -2.27. The molecule has 6 nitrogen and oxygen atoms in total. The third-order valence-corrected chi connectivity index (χ3v) is 5.85. The van der Waals surface area contributed by atoms with Crippen molar-refractivity contribution in [2.45, 2.75) is 6.54 Å². The highest BCUT2D eigenvalue weighted by Gasteiger charge is 2.13. The van der Waals surface area contributed by atoms with E-state index >= 15 is 0 Å². The molecular formula is C19H12N4O2S2. The molecule has 4 rings (SSSR count). The van der Waals surface area contributed by atoms with Crippen molar-refractivity contribution in [1.29, 1.82) is 5.26 Å². The van der Waals surface area contributed by atoms with Crippen LogP contribution in [0.1, 0.15) is 5.56 Å². The van der Waals surface area contributed by atoms with E-state index in [1.54, 1.807) is 11.4 Å². The van der Waals surface area contributed by atoms with Gasteiger partial charge in [-0.1, -0.05) is 30.3 Å². The number of carbonyl (C=O) groups excluding carboxylic acids is 1. The van der Waals surface area contributed by atoms with Crippen molar-refractivity contribution in [2.75, 3.05) is 5.32 Å². The van der Waals surface area contributed by atoms with E-state index in [0.717, 1.165) is 10.4 Å². The van der Waals surface area contributed by atoms with E-state index in [-0.39, 0.29) is 18.0 Å². The number of hydrogen-bond acceptors (Lipinski definition) is 6. The molecule has 0 radical (unpaired) electrons. The van der Waals surface area contributed by atoms with Crippen LogP contribution < -0.4 is 10.9 Å². The van der Waals surface area contributed by atoms with Gasteiger partial charge in [-0.05, 0) is 23.1 Å². The van der Waals surface area contributed by atoms with E-state index in [1.807, 2.05) is 42.5 Å². The number of nitrogens with zero attached hydrogens (tertiary/aromatic N) is 3. The van der Waals surface area contributed by atoms with Crippen molar-refractivity contribution in [3.05, 3.63) is 70.1 Å². The van der Waals surface area contributed by atoms with Gasteiger partial charge in [-0.15, -0.1) is 22.7 Å². The normalized spacial score (nSPS) is 10.6. The molecule has 1 N–H and O–H groups in total. The molecule has 1 amide bonds. The first-order valence-electron chi connectivity index (χ1n) is 7.97. The van der Waals surface area contributed by atoms with Crippen LogP contribution in [-0.4, -0.2) is 15.5 Å². The highest BCUT2D eigenvalue weighted by Crippen LogP contribution is 2.30. The first kappa shape index (κ1) is 17.1. The zero-order valence-corrected chi connectivity index (χ0v) is 15.5. The molecule has 8 heteroatoms. The number of aromatic nitrogens is 2. The van der Waals surface area contributed by atoms with E-state index in [2.05, 4.69) is 10.3 Å². The number of hydrogen-bond donors (Lipinski definition) is 1. The highest BCUT2D eigenvalue weighted by molar-refractivity contribution is 7.21. The molecule has 0 aliphatic heterocycles. The molecular weight excluding hydrogens is 380 g/mol. The van der Waals surface area contributed by atoms with Gasteiger partial charge in [0.2, 0.25) is 5.91 Å². The number of amides is 1. The summed E-state index contributed by atoms with van der Waals surface area (Å²) in [4.78, 5) is 30.9. The second-order valence-electron chi connectivity index (χ2n) is 5.70. The van der Waals surface area contributed by atoms with Crippen molar-refractivity contribution in [1.82, 2.24) is 9.55 Å². The number of thiophene rings is 2. The zero-order chi connectivity index (χ0) is 18.8. The lowest BCUT2D eigenvalue weighted by Gasteiger charge is -2.05. The van der Waals surface area contributed by atoms with Gasteiger partial charge in [0.05, 0.1) is 17.3 Å². The smallest absolute Gasteiger partial charge is 0.262 e. The minimum Gasteiger partial charge on any atom is -0.315 e. The average Bonchev–Trinajstić information content (AvgIpc) is 3.31. The van der Waals surface area contributed by atoms with Crippen LogP contribution in [0.3, 0.4) is 0 Å². The Labute approximate surface area is 162 Å². The second-order valence-corrected chi connectivity index (χ2v) is 7.64. The van der Waals surface area contributed by atoms with Gasteiger partial charge < -0.3 is 5.32 Å². The number of nitriles is 1. The first-order chi connectivity index (χ1) is 13.2. The van der Waals surface area contributed by atoms with Crippen molar-refractivity contribution in [3.63, 3.8) is 0 Å². The van der Waals surface area contributed by atoms with E-state index < -0.39 is 0 Å². The summed E-state index contributed by atoms with van der Waals surface area (Å²) in [6.45, 7) is -0.166. The Kier molecular flexibility index (Phi) is 4.54. The number of benzene rings is 1. The fourth-order valence-corrected chi connectivity index (χ4v) is 4.38. The quantitative estimate of drug-likeness (QED) is 0.574. The molecule has 0 unspecified atom stereocenters. The van der Waals surface area contributed by atoms with Gasteiger partial charge in [-0.3, -0.25) is 14.2 Å². The molecule has 27 heavy (non-hydrogen) atoms. The van der Waals surface area contributed by atoms with Gasteiger partial charge in [-0.25, -0.2) is 4.98 Å². The summed E-state index contributed by atoms with van der Waals surface area (Å²) in [5.41, 5.74) is 1.16. The predicted octanol–water partition coefficient (Wildman–Crippen LogP) is 3.70. The maximum absolute atomic E-state index is 12.7. The molecule has 0 atom stereocenters. The minimum atomic E-state index is -0.379. The largest absolute Gasteiger partial charge is 0.315 e. The minimum absolute atomic E-state index is 0.166. The summed E-state index contributed by atoms with van der Waals surface area (Å²) in [6.07, 6.45) is 1.38. The van der Waals surface area contributed by atoms with Crippen molar-refractivity contribution >= 4 is 43.8 Å². The number of carbonyl (C=O) groups is 1. The van der Waals surface area contributed by atoms with Crippen LogP contribution in [0.4, 0.5) is 5.00 Å². The summed E-state index contributed by atoms with van der Waals surface area (Å²) < 4.78 is 1.28. The summed E-state index contributed by atoms with van der Waals surface area (Å²) in [5.74, 6) is -0.379. The Hall–Kier alpha value is -3.28. The number of anilines is 1. The second kappa shape index (κ2) is 7.15. The molecule has 0 saturated heterocycles. The Morgan fingerprint density at radius 2 is 2.07 bits per heavy atom. The Morgan fingerprint density at radius 3 is 2.85 bits per heavy atom. The standard InChI is InChI=1S/C19H12N4O2S2/c20-9-13-6-7-26-17(13)22-16(24)10-23-11-21-18-14(19(23)25)8-15(27-18)12-4-2-1-3-5-12/h1-8,11H,10H2,(H,22,24). The van der Waals surface area contributed by atoms with Gasteiger partial charge in [0.1, 0.15) is 22.4 Å². The number of fused-ring (bicyclic) bond motifs is 1. The van der Waals surface area contributed by atoms with Crippen molar-refractivity contribution < 1.29 is 4.79 Å². The van der Waals surface area contributed by atoms with Gasteiger partial charge >= 0.3 is 0 Å². The van der Waals surface area contributed by atoms with Gasteiger partial charge in [0.25, 0.3) is 5.56 Å². The molecule has 0 aliphatic carbocycles. The SMILES string of the molecule is N#Cc1ccsc1NC(=O)Cn1cnc2sc(-c3ccccc3)cc2c1=O. The monoisotopic (exact) mass is 392 g/mol. The lowest BCUT2D eigenvalue weighted by molar-refractivity contribution is -0.116. The van der Waals surface area contributed by atoms with Crippen LogP contribution >= 0.6 is 22.7 Å². The maximum Gasteiger partial charge on any atom is 0.262 e. The molecule has 0 fully saturated rings. The van der Waals surface area contributed by atoms with E-state index in [9.17, 15) is 9.59 Å². The average molecular weight is 392 g/mol. The van der Waals surface area contributed by atoms with Crippen LogP contribution in [0.5, 0.6) is 0 Å². The van der Waals surface area contributed by atoms with Gasteiger partial charge in [0.15, 0.2) is 0 Å². The number of nitrogens with one attached hydrogen (secondary N) is 1. The lowest BCUT2D eigenvalue weighted by atomic mass is 10.2. The summed E-state index contributed by atoms with van der Waals surface area (Å²) >= 11 is 2.71. The molecule has 0 saturated carbocycles. The molecule has 132 valence electrons. The van der Waals surface area contributed by atoms with Crippen molar-refractivity contribution in [3.8, 4) is 16.5 Å². The van der Waals surface area contributed by atoms with Crippen LogP contribution in [0, 0.1) is 11.3 Å². The molecule has 3 aromatic heterocycles. The first-order valence-corrected chi connectivity index (χ1v) is 9.67. The highest BCUT2D eigenvalue weighted by atomic mass is 32.1. The zero-order valence-electron chi connectivity index (χ0n) is 13.9. The third-order valence-electron chi connectivity index (χ3n) is 3.93. The van der Waals surface area contributed by atoms with Crippen LogP contribution in [-0.2, 0) is 11.3 Å². The van der Waals surface area contributed by atoms with E-state index in [4.69, 9.17) is 5.26 Å². The van der Waals surface area contributed by atoms with Crippen LogP contribution in [0.15, 0.2) is 59.0 Å². The Balaban J connectivity index is 1.61. The summed E-state index contributed by atoms with van der Waals surface area (Å²) in [7, 11) is 0. The fraction of sp³-hybridized carbons (Fsp3) is 0.0526. The topological polar surface area (TPSA) is 87.8 Å². The van der Waals surface area contributed by atoms with Crippen LogP contribution in [0.25, 0.3) is 20.7 Å². The Morgan fingerprint density at radius 1 is 1.26 bits per heavy atom. The van der Waals surface area contributed by atoms with Crippen molar-refractivity contribution in [2.24, 2.45) is 0 Å². The van der Waals surface area contributed by atoms with Gasteiger partial charge in [0, 0.05) is 4.88 Å². The van der Waals surface area contributed by atoms with E-state index in [0.29, 0.717) is 20.8 Å². The molecule has 3 heterocycles. The molecule has 0 aliphatic rings. The van der Waals surface area contributed by atoms with E-state index in [1.165, 1.54) is 33.6 Å².